The van der Waals surface area contributed by atoms with Gasteiger partial charge in [0.05, 0.1) is 23.3 Å². The van der Waals surface area contributed by atoms with E-state index in [2.05, 4.69) is 27.7 Å². The lowest BCUT2D eigenvalue weighted by molar-refractivity contribution is -0.126. The van der Waals surface area contributed by atoms with E-state index in [1.165, 1.54) is 12.4 Å². The van der Waals surface area contributed by atoms with Crippen LogP contribution < -0.4 is 10.9 Å². The number of carbonyl (C=O) groups excluding carboxylic acids is 1. The second kappa shape index (κ2) is 10.8. The summed E-state index contributed by atoms with van der Waals surface area (Å²) < 4.78 is 39.0. The molecule has 1 aliphatic carbocycles. The Kier molecular flexibility index (Phi) is 7.45. The lowest BCUT2D eigenvalue weighted by atomic mass is 9.93. The number of aryl methyl sites for hydroxylation is 1. The number of rotatable bonds is 8. The van der Waals surface area contributed by atoms with Gasteiger partial charge in [0.1, 0.15) is 5.52 Å². The third kappa shape index (κ3) is 5.48. The highest BCUT2D eigenvalue weighted by atomic mass is 32.2. The van der Waals surface area contributed by atoms with Gasteiger partial charge in [-0.1, -0.05) is 31.0 Å². The van der Waals surface area contributed by atoms with Crippen LogP contribution >= 0.6 is 0 Å². The first-order valence-corrected chi connectivity index (χ1v) is 14.2. The van der Waals surface area contributed by atoms with Gasteiger partial charge in [-0.3, -0.25) is 15.6 Å². The number of hydrazine groups is 1. The summed E-state index contributed by atoms with van der Waals surface area (Å²) >= 11 is 0. The van der Waals surface area contributed by atoms with E-state index >= 15 is 0 Å². The molecule has 37 heavy (non-hydrogen) atoms. The van der Waals surface area contributed by atoms with Crippen molar-refractivity contribution >= 4 is 32.9 Å². The number of ether oxygens (including phenoxy) is 2. The fourth-order valence-corrected chi connectivity index (χ4v) is 6.52. The largest absolute Gasteiger partial charge is 0.381 e. The molecule has 1 saturated heterocycles. The Labute approximate surface area is 216 Å². The van der Waals surface area contributed by atoms with E-state index < -0.39 is 10.0 Å². The Hall–Kier alpha value is -3.02. The molecule has 3 unspecified atom stereocenters. The van der Waals surface area contributed by atoms with E-state index in [1.807, 2.05) is 6.92 Å². The van der Waals surface area contributed by atoms with Crippen molar-refractivity contribution in [1.29, 1.82) is 0 Å². The standard InChI is InChI=1S/C26H33N5O5S/c1-3-18-14-20(36-19-9-12-35-13-10-19)15-22(18)26(32)30-29-24-16-27-25-23(28-24)8-11-31(25)37(33,34)21-6-4-17(2)5-7-21/h4-8,11,16,18-20,22H,3,9-10,12-15H2,1-2H3,(H,28,29)(H,30,32). The normalized spacial score (nSPS) is 22.8. The molecular weight excluding hydrogens is 494 g/mol. The number of hydrogen-bond acceptors (Lipinski definition) is 8. The van der Waals surface area contributed by atoms with Gasteiger partial charge in [-0.25, -0.2) is 22.4 Å². The third-order valence-corrected chi connectivity index (χ3v) is 8.99. The molecule has 0 bridgehead atoms. The van der Waals surface area contributed by atoms with Crippen LogP contribution in [0, 0.1) is 18.8 Å². The predicted molar refractivity (Wildman–Crippen MR) is 138 cm³/mol. The molecule has 11 heteroatoms. The van der Waals surface area contributed by atoms with Crippen LogP contribution in [0.2, 0.25) is 0 Å². The second-order valence-corrected chi connectivity index (χ2v) is 11.6. The SMILES string of the molecule is CCC1CC(OC2CCOCC2)CC1C(=O)NNc1cnc2c(ccn2S(=O)(=O)c2ccc(C)cc2)n1. The molecule has 10 nitrogen and oxygen atoms in total. The Bertz CT molecular complexity index is 1350. The van der Waals surface area contributed by atoms with E-state index in [0.29, 0.717) is 17.8 Å². The van der Waals surface area contributed by atoms with Gasteiger partial charge in [-0.2, -0.15) is 0 Å². The highest BCUT2D eigenvalue weighted by Crippen LogP contribution is 2.37. The van der Waals surface area contributed by atoms with Gasteiger partial charge in [0, 0.05) is 25.3 Å². The molecule has 1 saturated carbocycles. The quantitative estimate of drug-likeness (QED) is 0.427. The summed E-state index contributed by atoms with van der Waals surface area (Å²) in [4.78, 5) is 21.9. The van der Waals surface area contributed by atoms with Crippen LogP contribution in [-0.4, -0.2) is 53.7 Å². The molecule has 2 N–H and O–H groups in total. The summed E-state index contributed by atoms with van der Waals surface area (Å²) in [7, 11) is -3.81. The zero-order valence-electron chi connectivity index (χ0n) is 21.1. The fraction of sp³-hybridized carbons (Fsp3) is 0.500. The number of amides is 1. The maximum Gasteiger partial charge on any atom is 0.269 e. The Morgan fingerprint density at radius 1 is 1.14 bits per heavy atom. The summed E-state index contributed by atoms with van der Waals surface area (Å²) in [6.07, 6.45) is 7.41. The van der Waals surface area contributed by atoms with Crippen LogP contribution in [0.25, 0.3) is 11.2 Å². The van der Waals surface area contributed by atoms with E-state index in [1.54, 1.807) is 30.3 Å². The highest BCUT2D eigenvalue weighted by Gasteiger charge is 2.39. The van der Waals surface area contributed by atoms with Gasteiger partial charge in [0.15, 0.2) is 11.5 Å². The molecule has 2 aromatic heterocycles. The van der Waals surface area contributed by atoms with Crippen molar-refractivity contribution in [1.82, 2.24) is 19.4 Å². The molecule has 0 spiro atoms. The van der Waals surface area contributed by atoms with Crippen molar-refractivity contribution in [2.24, 2.45) is 11.8 Å². The van der Waals surface area contributed by atoms with Gasteiger partial charge in [0.25, 0.3) is 10.0 Å². The third-order valence-electron chi connectivity index (χ3n) is 7.31. The number of nitrogens with zero attached hydrogens (tertiary/aromatic N) is 3. The predicted octanol–water partition coefficient (Wildman–Crippen LogP) is 3.42. The summed E-state index contributed by atoms with van der Waals surface area (Å²) in [5.74, 6) is 0.319. The van der Waals surface area contributed by atoms with Crippen LogP contribution in [0.15, 0.2) is 47.6 Å². The smallest absolute Gasteiger partial charge is 0.269 e. The number of carbonyl (C=O) groups is 1. The van der Waals surface area contributed by atoms with Crippen molar-refractivity contribution in [3.05, 3.63) is 48.3 Å². The molecule has 1 aliphatic heterocycles. The molecule has 3 aromatic rings. The van der Waals surface area contributed by atoms with Crippen LogP contribution in [0.3, 0.4) is 0 Å². The van der Waals surface area contributed by atoms with Crippen molar-refractivity contribution in [3.8, 4) is 0 Å². The Morgan fingerprint density at radius 3 is 2.62 bits per heavy atom. The topological polar surface area (TPSA) is 124 Å². The first-order chi connectivity index (χ1) is 17.8. The first kappa shape index (κ1) is 25.6. The lowest BCUT2D eigenvalue weighted by Crippen LogP contribution is -2.37. The minimum Gasteiger partial charge on any atom is -0.381 e. The maximum atomic E-state index is 13.1. The fourth-order valence-electron chi connectivity index (χ4n) is 5.23. The number of hydrogen-bond donors (Lipinski definition) is 2. The van der Waals surface area contributed by atoms with Crippen LogP contribution in [0.1, 0.15) is 44.6 Å². The highest BCUT2D eigenvalue weighted by molar-refractivity contribution is 7.90. The number of aromatic nitrogens is 3. The van der Waals surface area contributed by atoms with Crippen LogP contribution in [0.4, 0.5) is 5.82 Å². The Morgan fingerprint density at radius 2 is 1.89 bits per heavy atom. The van der Waals surface area contributed by atoms with Gasteiger partial charge in [-0.05, 0) is 56.7 Å². The van der Waals surface area contributed by atoms with Gasteiger partial charge in [-0.15, -0.1) is 0 Å². The molecule has 198 valence electrons. The minimum atomic E-state index is -3.81. The second-order valence-electron chi connectivity index (χ2n) is 9.82. The molecular formula is C26H33N5O5S. The van der Waals surface area contributed by atoms with Gasteiger partial charge in [0.2, 0.25) is 5.91 Å². The molecule has 3 heterocycles. The van der Waals surface area contributed by atoms with Gasteiger partial charge < -0.3 is 9.47 Å². The number of fused-ring (bicyclic) bond motifs is 1. The van der Waals surface area contributed by atoms with Crippen molar-refractivity contribution < 1.29 is 22.7 Å². The summed E-state index contributed by atoms with van der Waals surface area (Å²) in [6.45, 7) is 5.46. The zero-order chi connectivity index (χ0) is 26.0. The monoisotopic (exact) mass is 527 g/mol. The molecule has 3 atom stereocenters. The number of nitrogens with one attached hydrogen (secondary N) is 2. The Balaban J connectivity index is 1.23. The van der Waals surface area contributed by atoms with Crippen LogP contribution in [0.5, 0.6) is 0 Å². The van der Waals surface area contributed by atoms with Crippen molar-refractivity contribution in [3.63, 3.8) is 0 Å². The van der Waals surface area contributed by atoms with E-state index in [9.17, 15) is 13.2 Å². The molecule has 1 aromatic carbocycles. The van der Waals surface area contributed by atoms with Crippen molar-refractivity contribution in [2.45, 2.75) is 63.1 Å². The molecule has 2 fully saturated rings. The maximum absolute atomic E-state index is 13.1. The zero-order valence-corrected chi connectivity index (χ0v) is 21.9. The summed E-state index contributed by atoms with van der Waals surface area (Å²) in [5.41, 5.74) is 7.20. The van der Waals surface area contributed by atoms with E-state index in [4.69, 9.17) is 9.47 Å². The van der Waals surface area contributed by atoms with E-state index in [0.717, 1.165) is 48.4 Å². The summed E-state index contributed by atoms with van der Waals surface area (Å²) in [6, 6.07) is 8.23. The van der Waals surface area contributed by atoms with Crippen molar-refractivity contribution in [2.75, 3.05) is 18.6 Å². The first-order valence-electron chi connectivity index (χ1n) is 12.8. The van der Waals surface area contributed by atoms with E-state index in [-0.39, 0.29) is 40.5 Å². The lowest BCUT2D eigenvalue weighted by Gasteiger charge is -2.25. The average molecular weight is 528 g/mol. The molecule has 0 radical (unpaired) electrons. The number of anilines is 1. The summed E-state index contributed by atoms with van der Waals surface area (Å²) in [5, 5.41) is 0. The average Bonchev–Trinajstić information content (AvgIpc) is 3.52. The van der Waals surface area contributed by atoms with Gasteiger partial charge >= 0.3 is 0 Å². The van der Waals surface area contributed by atoms with Crippen LogP contribution in [-0.2, 0) is 24.3 Å². The molecule has 1 amide bonds. The molecule has 5 rings (SSSR count). The minimum absolute atomic E-state index is 0.0789. The molecule has 2 aliphatic rings. The number of benzene rings is 1.